The standard InChI is InChI=1S/C22H34O5/c1-4-5-14-22(2,26)15-10-12-18-17(19(23)16-20(18)24)11-8-6-7-9-13-21(25)27-3/h10,12,16,23,26H,4-9,11,13-15H2,1-3H3/b12-10+. The molecule has 0 fully saturated rings. The predicted octanol–water partition coefficient (Wildman–Crippen LogP) is 4.71. The van der Waals surface area contributed by atoms with Gasteiger partial charge in [-0.05, 0) is 39.0 Å². The Labute approximate surface area is 162 Å². The zero-order valence-corrected chi connectivity index (χ0v) is 16.9. The van der Waals surface area contributed by atoms with Gasteiger partial charge in [-0.25, -0.2) is 0 Å². The number of aliphatic hydroxyl groups is 2. The van der Waals surface area contributed by atoms with Gasteiger partial charge in [-0.1, -0.05) is 44.8 Å². The molecule has 0 heterocycles. The van der Waals surface area contributed by atoms with E-state index in [2.05, 4.69) is 11.7 Å². The average Bonchev–Trinajstić information content (AvgIpc) is 2.89. The number of aliphatic hydroxyl groups excluding tert-OH is 1. The molecule has 1 unspecified atom stereocenters. The van der Waals surface area contributed by atoms with Gasteiger partial charge in [-0.3, -0.25) is 9.59 Å². The van der Waals surface area contributed by atoms with Crippen LogP contribution >= 0.6 is 0 Å². The summed E-state index contributed by atoms with van der Waals surface area (Å²) in [6.45, 7) is 3.90. The minimum atomic E-state index is -0.774. The minimum absolute atomic E-state index is 0.0481. The number of methoxy groups -OCH3 is 1. The van der Waals surface area contributed by atoms with Gasteiger partial charge in [0.05, 0.1) is 12.7 Å². The highest BCUT2D eigenvalue weighted by molar-refractivity contribution is 6.10. The fourth-order valence-corrected chi connectivity index (χ4v) is 3.14. The molecule has 0 radical (unpaired) electrons. The van der Waals surface area contributed by atoms with E-state index in [1.807, 2.05) is 13.0 Å². The van der Waals surface area contributed by atoms with Crippen molar-refractivity contribution in [1.82, 2.24) is 0 Å². The summed E-state index contributed by atoms with van der Waals surface area (Å²) >= 11 is 0. The van der Waals surface area contributed by atoms with E-state index in [0.29, 0.717) is 30.4 Å². The number of rotatable bonds is 13. The van der Waals surface area contributed by atoms with Crippen molar-refractivity contribution in [1.29, 1.82) is 0 Å². The third kappa shape index (κ3) is 8.57. The molecule has 0 saturated heterocycles. The Bertz CT molecular complexity index is 596. The van der Waals surface area contributed by atoms with Crippen LogP contribution in [0.4, 0.5) is 0 Å². The molecule has 1 atom stereocenters. The molecule has 2 N–H and O–H groups in total. The van der Waals surface area contributed by atoms with Crippen molar-refractivity contribution >= 4 is 11.8 Å². The lowest BCUT2D eigenvalue weighted by atomic mass is 9.94. The fourth-order valence-electron chi connectivity index (χ4n) is 3.14. The lowest BCUT2D eigenvalue weighted by Crippen LogP contribution is -2.22. The molecule has 0 aromatic rings. The molecule has 1 rings (SSSR count). The number of esters is 1. The van der Waals surface area contributed by atoms with Crippen molar-refractivity contribution in [3.8, 4) is 0 Å². The summed E-state index contributed by atoms with van der Waals surface area (Å²) in [5.74, 6) is -0.327. The second-order valence-corrected chi connectivity index (χ2v) is 7.48. The summed E-state index contributed by atoms with van der Waals surface area (Å²) in [7, 11) is 1.39. The summed E-state index contributed by atoms with van der Waals surface area (Å²) in [5, 5.41) is 20.4. The monoisotopic (exact) mass is 378 g/mol. The maximum atomic E-state index is 12.1. The molecule has 0 aromatic carbocycles. The van der Waals surface area contributed by atoms with E-state index in [4.69, 9.17) is 0 Å². The van der Waals surface area contributed by atoms with Crippen LogP contribution in [0.15, 0.2) is 35.1 Å². The molecule has 0 spiro atoms. The van der Waals surface area contributed by atoms with Crippen molar-refractivity contribution in [2.45, 2.75) is 83.7 Å². The van der Waals surface area contributed by atoms with Crippen LogP contribution in [0, 0.1) is 0 Å². The van der Waals surface area contributed by atoms with Crippen LogP contribution in [0.1, 0.15) is 78.1 Å². The second kappa shape index (κ2) is 11.8. The average molecular weight is 379 g/mol. The van der Waals surface area contributed by atoms with E-state index >= 15 is 0 Å². The van der Waals surface area contributed by atoms with Gasteiger partial charge < -0.3 is 14.9 Å². The predicted molar refractivity (Wildman–Crippen MR) is 106 cm³/mol. The highest BCUT2D eigenvalue weighted by Crippen LogP contribution is 2.28. The van der Waals surface area contributed by atoms with Gasteiger partial charge in [-0.2, -0.15) is 0 Å². The third-order valence-corrected chi connectivity index (χ3v) is 4.86. The number of carbonyl (C=O) groups excluding carboxylic acids is 2. The summed E-state index contributed by atoms with van der Waals surface area (Å²) in [4.78, 5) is 23.2. The summed E-state index contributed by atoms with van der Waals surface area (Å²) in [5.41, 5.74) is 0.426. The summed E-state index contributed by atoms with van der Waals surface area (Å²) in [6, 6.07) is 0. The Morgan fingerprint density at radius 2 is 1.93 bits per heavy atom. The normalized spacial score (nSPS) is 16.7. The highest BCUT2D eigenvalue weighted by atomic mass is 16.5. The molecule has 0 bridgehead atoms. The molecular formula is C22H34O5. The molecule has 0 aliphatic heterocycles. The zero-order valence-electron chi connectivity index (χ0n) is 16.9. The van der Waals surface area contributed by atoms with Gasteiger partial charge in [-0.15, -0.1) is 0 Å². The molecule has 1 aliphatic rings. The van der Waals surface area contributed by atoms with Crippen molar-refractivity contribution in [2.75, 3.05) is 7.11 Å². The van der Waals surface area contributed by atoms with Gasteiger partial charge >= 0.3 is 5.97 Å². The number of allylic oxidation sites excluding steroid dienone is 4. The van der Waals surface area contributed by atoms with Gasteiger partial charge in [0, 0.05) is 23.6 Å². The topological polar surface area (TPSA) is 83.8 Å². The van der Waals surface area contributed by atoms with Gasteiger partial charge in [0.1, 0.15) is 5.76 Å². The van der Waals surface area contributed by atoms with Crippen LogP contribution in [0.3, 0.4) is 0 Å². The summed E-state index contributed by atoms with van der Waals surface area (Å²) in [6.07, 6.45) is 12.5. The lowest BCUT2D eigenvalue weighted by Gasteiger charge is -2.21. The molecule has 0 saturated carbocycles. The van der Waals surface area contributed by atoms with Crippen LogP contribution in [0.2, 0.25) is 0 Å². The first-order valence-corrected chi connectivity index (χ1v) is 9.95. The van der Waals surface area contributed by atoms with E-state index < -0.39 is 5.60 Å². The number of hydrogen-bond donors (Lipinski definition) is 2. The molecule has 1 aliphatic carbocycles. The number of hydrogen-bond acceptors (Lipinski definition) is 5. The second-order valence-electron chi connectivity index (χ2n) is 7.48. The number of unbranched alkanes of at least 4 members (excludes halogenated alkanes) is 4. The van der Waals surface area contributed by atoms with Crippen molar-refractivity contribution < 1.29 is 24.5 Å². The van der Waals surface area contributed by atoms with Crippen molar-refractivity contribution in [2.24, 2.45) is 0 Å². The van der Waals surface area contributed by atoms with Crippen LogP contribution in [0.25, 0.3) is 0 Å². The SMILES string of the molecule is CCCCC(C)(O)C/C=C/C1=C(CCCCCCC(=O)OC)C(O)=CC1=O. The van der Waals surface area contributed by atoms with E-state index in [1.165, 1.54) is 13.2 Å². The van der Waals surface area contributed by atoms with Crippen LogP contribution in [-0.2, 0) is 14.3 Å². The van der Waals surface area contributed by atoms with Crippen LogP contribution in [-0.4, -0.2) is 34.7 Å². The Balaban J connectivity index is 2.54. The quantitative estimate of drug-likeness (QED) is 0.358. The maximum absolute atomic E-state index is 12.1. The number of carbonyl (C=O) groups is 2. The van der Waals surface area contributed by atoms with E-state index in [9.17, 15) is 19.8 Å². The molecule has 152 valence electrons. The number of ether oxygens (including phenoxy) is 1. The molecule has 5 nitrogen and oxygen atoms in total. The van der Waals surface area contributed by atoms with Gasteiger partial charge in [0.2, 0.25) is 0 Å². The van der Waals surface area contributed by atoms with Gasteiger partial charge in [0.25, 0.3) is 0 Å². The maximum Gasteiger partial charge on any atom is 0.305 e. The third-order valence-electron chi connectivity index (χ3n) is 4.86. The largest absolute Gasteiger partial charge is 0.508 e. The Hall–Kier alpha value is -1.88. The number of ketones is 1. The molecule has 0 amide bonds. The van der Waals surface area contributed by atoms with E-state index in [0.717, 1.165) is 44.9 Å². The first-order chi connectivity index (χ1) is 12.8. The fraction of sp³-hybridized carbons (Fsp3) is 0.636. The van der Waals surface area contributed by atoms with E-state index in [1.54, 1.807) is 6.08 Å². The summed E-state index contributed by atoms with van der Waals surface area (Å²) < 4.78 is 4.61. The van der Waals surface area contributed by atoms with Gasteiger partial charge in [0.15, 0.2) is 5.78 Å². The first kappa shape index (κ1) is 23.2. The first-order valence-electron chi connectivity index (χ1n) is 9.95. The molecular weight excluding hydrogens is 344 g/mol. The van der Waals surface area contributed by atoms with Crippen LogP contribution < -0.4 is 0 Å². The Morgan fingerprint density at radius 3 is 2.59 bits per heavy atom. The molecule has 5 heteroatoms. The lowest BCUT2D eigenvalue weighted by molar-refractivity contribution is -0.140. The molecule has 0 aromatic heterocycles. The van der Waals surface area contributed by atoms with Crippen molar-refractivity contribution in [3.05, 3.63) is 35.1 Å². The minimum Gasteiger partial charge on any atom is -0.508 e. The molecule has 27 heavy (non-hydrogen) atoms. The van der Waals surface area contributed by atoms with Crippen LogP contribution in [0.5, 0.6) is 0 Å². The Kier molecular flexibility index (Phi) is 10.1. The zero-order chi connectivity index (χ0) is 20.3. The van der Waals surface area contributed by atoms with E-state index in [-0.39, 0.29) is 17.5 Å². The smallest absolute Gasteiger partial charge is 0.305 e. The van der Waals surface area contributed by atoms with Crippen molar-refractivity contribution in [3.63, 3.8) is 0 Å². The Morgan fingerprint density at radius 1 is 1.22 bits per heavy atom. The highest BCUT2D eigenvalue weighted by Gasteiger charge is 2.23.